The fourth-order valence-electron chi connectivity index (χ4n) is 2.74. The third kappa shape index (κ3) is 8.99. The molecule has 0 radical (unpaired) electrons. The van der Waals surface area contributed by atoms with E-state index in [0.29, 0.717) is 19.3 Å². The molecule has 0 aliphatic carbocycles. The highest BCUT2D eigenvalue weighted by atomic mass is 16.5. The van der Waals surface area contributed by atoms with Gasteiger partial charge in [0.2, 0.25) is 5.91 Å². The second-order valence-corrected chi connectivity index (χ2v) is 7.69. The maximum absolute atomic E-state index is 12.8. The molecule has 1 aromatic rings. The summed E-state index contributed by atoms with van der Waals surface area (Å²) in [5, 5.41) is 6.06. The summed E-state index contributed by atoms with van der Waals surface area (Å²) in [5.41, 5.74) is 0.537. The number of nitrogens with one attached hydrogen (secondary N) is 2. The highest BCUT2D eigenvalue weighted by molar-refractivity contribution is 5.84. The second kappa shape index (κ2) is 11.4. The number of benzene rings is 1. The topological polar surface area (TPSA) is 93.7 Å². The summed E-state index contributed by atoms with van der Waals surface area (Å²) in [5.74, 6) is -0.992. The van der Waals surface area contributed by atoms with Crippen LogP contribution in [-0.2, 0) is 30.3 Å². The van der Waals surface area contributed by atoms with Gasteiger partial charge < -0.3 is 14.8 Å². The minimum Gasteiger partial charge on any atom is -0.469 e. The van der Waals surface area contributed by atoms with Gasteiger partial charge >= 0.3 is 11.9 Å². The van der Waals surface area contributed by atoms with Crippen molar-refractivity contribution in [3.63, 3.8) is 0 Å². The van der Waals surface area contributed by atoms with Crippen LogP contribution in [0.5, 0.6) is 0 Å². The van der Waals surface area contributed by atoms with Crippen LogP contribution in [0.2, 0.25) is 0 Å². The van der Waals surface area contributed by atoms with Crippen molar-refractivity contribution >= 4 is 17.8 Å². The van der Waals surface area contributed by atoms with E-state index in [1.54, 1.807) is 0 Å². The quantitative estimate of drug-likeness (QED) is 0.592. The number of hydrogen-bond donors (Lipinski definition) is 2. The Morgan fingerprint density at radius 1 is 1.00 bits per heavy atom. The molecule has 2 N–H and O–H groups in total. The molecule has 0 spiro atoms. The summed E-state index contributed by atoms with van der Waals surface area (Å²) in [6, 6.07) is 8.19. The molecule has 0 fully saturated rings. The van der Waals surface area contributed by atoms with Gasteiger partial charge in [0, 0.05) is 12.0 Å². The standard InChI is InChI=1S/C21H32N2O5/c1-21(2,3)23-19(25)16(12-9-13-18(24)27-4)22-17(20(26)28-5)14-15-10-7-6-8-11-15/h6-8,10-11,16-17,22H,9,12-14H2,1-5H3,(H,23,25)/t16-,17+/m1/s1. The van der Waals surface area contributed by atoms with E-state index in [1.807, 2.05) is 51.1 Å². The van der Waals surface area contributed by atoms with E-state index in [4.69, 9.17) is 4.74 Å². The normalized spacial score (nSPS) is 13.3. The molecule has 1 amide bonds. The predicted molar refractivity (Wildman–Crippen MR) is 107 cm³/mol. The summed E-state index contributed by atoms with van der Waals surface area (Å²) in [6.07, 6.45) is 1.45. The summed E-state index contributed by atoms with van der Waals surface area (Å²) in [7, 11) is 2.65. The van der Waals surface area contributed by atoms with Crippen LogP contribution >= 0.6 is 0 Å². The lowest BCUT2D eigenvalue weighted by Crippen LogP contribution is -2.55. The van der Waals surface area contributed by atoms with Gasteiger partial charge in [-0.15, -0.1) is 0 Å². The van der Waals surface area contributed by atoms with Gasteiger partial charge in [0.1, 0.15) is 6.04 Å². The van der Waals surface area contributed by atoms with Gasteiger partial charge in [0.25, 0.3) is 0 Å². The van der Waals surface area contributed by atoms with Gasteiger partial charge in [0.05, 0.1) is 20.3 Å². The summed E-state index contributed by atoms with van der Waals surface area (Å²) in [6.45, 7) is 5.66. The van der Waals surface area contributed by atoms with Crippen LogP contribution in [0.25, 0.3) is 0 Å². The van der Waals surface area contributed by atoms with Gasteiger partial charge in [-0.1, -0.05) is 30.3 Å². The van der Waals surface area contributed by atoms with Crippen molar-refractivity contribution in [2.75, 3.05) is 14.2 Å². The Morgan fingerprint density at radius 3 is 2.18 bits per heavy atom. The monoisotopic (exact) mass is 392 g/mol. The predicted octanol–water partition coefficient (Wildman–Crippen LogP) is 1.99. The molecule has 2 atom stereocenters. The van der Waals surface area contributed by atoms with Crippen LogP contribution in [-0.4, -0.2) is 49.7 Å². The number of carbonyl (C=O) groups is 3. The van der Waals surface area contributed by atoms with Crippen molar-refractivity contribution in [3.05, 3.63) is 35.9 Å². The van der Waals surface area contributed by atoms with Crippen LogP contribution in [0, 0.1) is 0 Å². The highest BCUT2D eigenvalue weighted by Gasteiger charge is 2.29. The first-order valence-corrected chi connectivity index (χ1v) is 9.43. The number of carbonyl (C=O) groups excluding carboxylic acids is 3. The minimum atomic E-state index is -0.679. The first-order chi connectivity index (χ1) is 13.2. The number of ether oxygens (including phenoxy) is 2. The molecule has 7 heteroatoms. The lowest BCUT2D eigenvalue weighted by molar-refractivity contribution is -0.144. The van der Waals surface area contributed by atoms with Gasteiger partial charge in [-0.25, -0.2) is 0 Å². The SMILES string of the molecule is COC(=O)CCC[C@@H](N[C@@H](Cc1ccccc1)C(=O)OC)C(=O)NC(C)(C)C. The Morgan fingerprint density at radius 2 is 1.64 bits per heavy atom. The van der Waals surface area contributed by atoms with Gasteiger partial charge in [-0.3, -0.25) is 19.7 Å². The Balaban J connectivity index is 2.91. The Bertz CT molecular complexity index is 640. The van der Waals surface area contributed by atoms with Crippen molar-refractivity contribution in [2.45, 2.75) is 64.1 Å². The maximum atomic E-state index is 12.8. The molecule has 0 saturated heterocycles. The van der Waals surface area contributed by atoms with Crippen molar-refractivity contribution in [1.82, 2.24) is 10.6 Å². The molecule has 0 aromatic heterocycles. The molecular formula is C21H32N2O5. The minimum absolute atomic E-state index is 0.207. The third-order valence-corrected chi connectivity index (χ3v) is 4.09. The van der Waals surface area contributed by atoms with E-state index in [2.05, 4.69) is 15.4 Å². The molecule has 0 aliphatic rings. The molecule has 1 rings (SSSR count). The smallest absolute Gasteiger partial charge is 0.323 e. The lowest BCUT2D eigenvalue weighted by Gasteiger charge is -2.28. The number of amides is 1. The zero-order valence-electron chi connectivity index (χ0n) is 17.4. The number of hydrogen-bond acceptors (Lipinski definition) is 6. The van der Waals surface area contributed by atoms with Crippen molar-refractivity contribution < 1.29 is 23.9 Å². The van der Waals surface area contributed by atoms with Gasteiger partial charge in [0.15, 0.2) is 0 Å². The average molecular weight is 392 g/mol. The third-order valence-electron chi connectivity index (χ3n) is 4.09. The van der Waals surface area contributed by atoms with E-state index < -0.39 is 23.6 Å². The Labute approximate surface area is 167 Å². The fourth-order valence-corrected chi connectivity index (χ4v) is 2.74. The zero-order chi connectivity index (χ0) is 21.2. The largest absolute Gasteiger partial charge is 0.469 e. The van der Waals surface area contributed by atoms with Crippen LogP contribution in [0.1, 0.15) is 45.6 Å². The number of rotatable bonds is 10. The van der Waals surface area contributed by atoms with E-state index >= 15 is 0 Å². The van der Waals surface area contributed by atoms with Gasteiger partial charge in [-0.2, -0.15) is 0 Å². The Hall–Kier alpha value is -2.41. The second-order valence-electron chi connectivity index (χ2n) is 7.69. The highest BCUT2D eigenvalue weighted by Crippen LogP contribution is 2.10. The number of methoxy groups -OCH3 is 2. The maximum Gasteiger partial charge on any atom is 0.323 e. The van der Waals surface area contributed by atoms with Crippen LogP contribution in [0.15, 0.2) is 30.3 Å². The molecule has 156 valence electrons. The molecule has 0 aliphatic heterocycles. The molecule has 0 bridgehead atoms. The Kier molecular flexibility index (Phi) is 9.65. The van der Waals surface area contributed by atoms with E-state index in [1.165, 1.54) is 14.2 Å². The molecule has 7 nitrogen and oxygen atoms in total. The van der Waals surface area contributed by atoms with E-state index in [-0.39, 0.29) is 18.3 Å². The molecule has 0 saturated carbocycles. The number of esters is 2. The van der Waals surface area contributed by atoms with Gasteiger partial charge in [-0.05, 0) is 45.6 Å². The van der Waals surface area contributed by atoms with Crippen molar-refractivity contribution in [2.24, 2.45) is 0 Å². The zero-order valence-corrected chi connectivity index (χ0v) is 17.4. The fraction of sp³-hybridized carbons (Fsp3) is 0.571. The average Bonchev–Trinajstić information content (AvgIpc) is 2.64. The van der Waals surface area contributed by atoms with E-state index in [9.17, 15) is 14.4 Å². The van der Waals surface area contributed by atoms with Crippen molar-refractivity contribution in [1.29, 1.82) is 0 Å². The first-order valence-electron chi connectivity index (χ1n) is 9.43. The summed E-state index contributed by atoms with van der Waals surface area (Å²) in [4.78, 5) is 36.5. The summed E-state index contributed by atoms with van der Waals surface area (Å²) >= 11 is 0. The molecule has 0 unspecified atom stereocenters. The van der Waals surface area contributed by atoms with Crippen molar-refractivity contribution in [3.8, 4) is 0 Å². The van der Waals surface area contributed by atoms with Crippen LogP contribution < -0.4 is 10.6 Å². The van der Waals surface area contributed by atoms with Crippen LogP contribution in [0.3, 0.4) is 0 Å². The molecule has 0 heterocycles. The lowest BCUT2D eigenvalue weighted by atomic mass is 10.0. The van der Waals surface area contributed by atoms with Crippen LogP contribution in [0.4, 0.5) is 0 Å². The molecule has 28 heavy (non-hydrogen) atoms. The first kappa shape index (κ1) is 23.6. The summed E-state index contributed by atoms with van der Waals surface area (Å²) < 4.78 is 9.57. The molecular weight excluding hydrogens is 360 g/mol. The van der Waals surface area contributed by atoms with E-state index in [0.717, 1.165) is 5.56 Å². The molecule has 1 aromatic carbocycles.